The summed E-state index contributed by atoms with van der Waals surface area (Å²) in [6.45, 7) is 13.6. The lowest BCUT2D eigenvalue weighted by molar-refractivity contribution is -0.196. The third-order valence-corrected chi connectivity index (χ3v) is 2.52. The molecule has 1 amide bonds. The molecule has 0 aliphatic rings. The monoisotopic (exact) mass is 215 g/mol. The van der Waals surface area contributed by atoms with Crippen molar-refractivity contribution in [3.8, 4) is 0 Å². The van der Waals surface area contributed by atoms with E-state index in [2.05, 4.69) is 37.7 Å². The molecule has 0 unspecified atom stereocenters. The highest BCUT2D eigenvalue weighted by Crippen LogP contribution is 2.06. The van der Waals surface area contributed by atoms with Gasteiger partial charge in [-0.3, -0.25) is 4.79 Å². The third-order valence-electron chi connectivity index (χ3n) is 2.52. The summed E-state index contributed by atoms with van der Waals surface area (Å²) in [7, 11) is 0. The molecule has 4 nitrogen and oxygen atoms in total. The minimum absolute atomic E-state index is 0.169. The molecular formula is C11H25N3O. The number of amides is 1. The van der Waals surface area contributed by atoms with Gasteiger partial charge in [0, 0.05) is 32.6 Å². The molecule has 0 aliphatic heterocycles. The second-order valence-electron chi connectivity index (χ2n) is 3.31. The van der Waals surface area contributed by atoms with Crippen LogP contribution < -0.4 is 0 Å². The molecule has 0 N–H and O–H groups in total. The van der Waals surface area contributed by atoms with Crippen molar-refractivity contribution in [1.82, 2.24) is 15.1 Å². The SMILES string of the molecule is CCC(=O)N(N(CC)CC)N(CC)CC. The molecule has 0 atom stereocenters. The van der Waals surface area contributed by atoms with Gasteiger partial charge in [0.2, 0.25) is 0 Å². The van der Waals surface area contributed by atoms with Crippen molar-refractivity contribution >= 4 is 5.91 Å². The van der Waals surface area contributed by atoms with Crippen LogP contribution in [0.3, 0.4) is 0 Å². The highest BCUT2D eigenvalue weighted by atomic mass is 16.2. The molecule has 0 radical (unpaired) electrons. The molecule has 0 aromatic carbocycles. The van der Waals surface area contributed by atoms with Gasteiger partial charge in [-0.2, -0.15) is 0 Å². The van der Waals surface area contributed by atoms with E-state index in [9.17, 15) is 4.79 Å². The average molecular weight is 215 g/mol. The van der Waals surface area contributed by atoms with Crippen molar-refractivity contribution < 1.29 is 4.79 Å². The van der Waals surface area contributed by atoms with E-state index < -0.39 is 0 Å². The van der Waals surface area contributed by atoms with Gasteiger partial charge in [-0.1, -0.05) is 34.6 Å². The second kappa shape index (κ2) is 7.65. The van der Waals surface area contributed by atoms with Crippen molar-refractivity contribution in [2.45, 2.75) is 41.0 Å². The Morgan fingerprint density at radius 1 is 0.800 bits per heavy atom. The molecular weight excluding hydrogens is 190 g/mol. The Morgan fingerprint density at radius 3 is 1.33 bits per heavy atom. The van der Waals surface area contributed by atoms with Crippen LogP contribution in [0.25, 0.3) is 0 Å². The first-order chi connectivity index (χ1) is 7.15. The fourth-order valence-electron chi connectivity index (χ4n) is 1.62. The summed E-state index contributed by atoms with van der Waals surface area (Å²) in [6, 6.07) is 0. The van der Waals surface area contributed by atoms with E-state index in [1.54, 1.807) is 5.12 Å². The normalized spacial score (nSPS) is 11.1. The van der Waals surface area contributed by atoms with Crippen LogP contribution in [0.15, 0.2) is 0 Å². The lowest BCUT2D eigenvalue weighted by atomic mass is 10.4. The number of rotatable bonds is 7. The van der Waals surface area contributed by atoms with Crippen LogP contribution in [-0.2, 0) is 4.79 Å². The summed E-state index contributed by atoms with van der Waals surface area (Å²) in [5.74, 6) is 0.169. The number of nitrogens with zero attached hydrogens (tertiary/aromatic N) is 3. The van der Waals surface area contributed by atoms with Gasteiger partial charge in [0.25, 0.3) is 5.91 Å². The summed E-state index contributed by atoms with van der Waals surface area (Å²) < 4.78 is 0. The highest BCUT2D eigenvalue weighted by molar-refractivity contribution is 5.74. The maximum absolute atomic E-state index is 11.9. The van der Waals surface area contributed by atoms with Crippen LogP contribution in [0.2, 0.25) is 0 Å². The van der Waals surface area contributed by atoms with Crippen molar-refractivity contribution in [3.63, 3.8) is 0 Å². The number of hydrogen-bond donors (Lipinski definition) is 0. The van der Waals surface area contributed by atoms with Crippen LogP contribution in [0.4, 0.5) is 0 Å². The van der Waals surface area contributed by atoms with Gasteiger partial charge >= 0.3 is 0 Å². The van der Waals surface area contributed by atoms with E-state index in [0.717, 1.165) is 26.2 Å². The van der Waals surface area contributed by atoms with Gasteiger partial charge < -0.3 is 0 Å². The van der Waals surface area contributed by atoms with Crippen LogP contribution in [0.5, 0.6) is 0 Å². The first kappa shape index (κ1) is 14.4. The molecule has 0 saturated carbocycles. The predicted molar refractivity (Wildman–Crippen MR) is 63.0 cm³/mol. The average Bonchev–Trinajstić information content (AvgIpc) is 2.28. The van der Waals surface area contributed by atoms with E-state index in [1.165, 1.54) is 0 Å². The Morgan fingerprint density at radius 2 is 1.13 bits per heavy atom. The van der Waals surface area contributed by atoms with E-state index in [1.807, 2.05) is 6.92 Å². The van der Waals surface area contributed by atoms with E-state index >= 15 is 0 Å². The molecule has 0 saturated heterocycles. The molecule has 0 aliphatic carbocycles. The Labute approximate surface area is 93.8 Å². The van der Waals surface area contributed by atoms with Crippen molar-refractivity contribution in [3.05, 3.63) is 0 Å². The molecule has 0 aromatic heterocycles. The second-order valence-corrected chi connectivity index (χ2v) is 3.31. The molecule has 0 fully saturated rings. The number of hydrazine groups is 2. The Kier molecular flexibility index (Phi) is 7.34. The van der Waals surface area contributed by atoms with Gasteiger partial charge in [0.15, 0.2) is 0 Å². The summed E-state index contributed by atoms with van der Waals surface area (Å²) >= 11 is 0. The molecule has 0 aromatic rings. The molecule has 0 heterocycles. The van der Waals surface area contributed by atoms with E-state index in [-0.39, 0.29) is 5.91 Å². The molecule has 15 heavy (non-hydrogen) atoms. The van der Waals surface area contributed by atoms with Gasteiger partial charge in [-0.25, -0.2) is 15.1 Å². The van der Waals surface area contributed by atoms with Crippen LogP contribution in [-0.4, -0.2) is 47.2 Å². The minimum Gasteiger partial charge on any atom is -0.272 e. The number of carbonyl (C=O) groups is 1. The van der Waals surface area contributed by atoms with Crippen molar-refractivity contribution in [1.29, 1.82) is 0 Å². The lowest BCUT2D eigenvalue weighted by Crippen LogP contribution is -2.55. The largest absolute Gasteiger partial charge is 0.272 e. The van der Waals surface area contributed by atoms with Gasteiger partial charge in [-0.15, -0.1) is 0 Å². The minimum atomic E-state index is 0.169. The molecule has 0 rings (SSSR count). The zero-order valence-corrected chi connectivity index (χ0v) is 10.8. The Bertz CT molecular complexity index is 165. The fourth-order valence-corrected chi connectivity index (χ4v) is 1.62. The zero-order chi connectivity index (χ0) is 11.8. The first-order valence-electron chi connectivity index (χ1n) is 5.98. The van der Waals surface area contributed by atoms with Gasteiger partial charge in [-0.05, 0) is 0 Å². The van der Waals surface area contributed by atoms with Gasteiger partial charge in [0.05, 0.1) is 0 Å². The Balaban J connectivity index is 4.75. The van der Waals surface area contributed by atoms with Gasteiger partial charge in [0.1, 0.15) is 0 Å². The smallest absolute Gasteiger partial charge is 0.251 e. The summed E-state index contributed by atoms with van der Waals surface area (Å²) in [5.41, 5.74) is 0. The molecule has 4 heteroatoms. The lowest BCUT2D eigenvalue weighted by Gasteiger charge is -2.40. The quantitative estimate of drug-likeness (QED) is 0.605. The van der Waals surface area contributed by atoms with E-state index in [0.29, 0.717) is 6.42 Å². The van der Waals surface area contributed by atoms with Crippen LogP contribution in [0, 0.1) is 0 Å². The number of carbonyl (C=O) groups excluding carboxylic acids is 1. The number of hydrogen-bond acceptors (Lipinski definition) is 3. The first-order valence-corrected chi connectivity index (χ1v) is 5.98. The standard InChI is InChI=1S/C11H25N3O/c1-6-11(15)14(12(7-2)8-3)13(9-4)10-5/h6-10H2,1-5H3. The molecule has 0 bridgehead atoms. The summed E-state index contributed by atoms with van der Waals surface area (Å²) in [6.07, 6.45) is 0.549. The zero-order valence-electron chi connectivity index (χ0n) is 10.8. The Hall–Kier alpha value is -0.610. The predicted octanol–water partition coefficient (Wildman–Crippen LogP) is 1.74. The summed E-state index contributed by atoms with van der Waals surface area (Å²) in [5, 5.41) is 5.94. The van der Waals surface area contributed by atoms with Crippen LogP contribution >= 0.6 is 0 Å². The molecule has 0 spiro atoms. The van der Waals surface area contributed by atoms with Crippen molar-refractivity contribution in [2.24, 2.45) is 0 Å². The third kappa shape index (κ3) is 3.80. The van der Waals surface area contributed by atoms with Crippen molar-refractivity contribution in [2.75, 3.05) is 26.2 Å². The van der Waals surface area contributed by atoms with Crippen LogP contribution in [0.1, 0.15) is 41.0 Å². The maximum atomic E-state index is 11.9. The molecule has 90 valence electrons. The maximum Gasteiger partial charge on any atom is 0.251 e. The topological polar surface area (TPSA) is 26.8 Å². The fraction of sp³-hybridized carbons (Fsp3) is 0.909. The highest BCUT2D eigenvalue weighted by Gasteiger charge is 2.22. The van der Waals surface area contributed by atoms with E-state index in [4.69, 9.17) is 0 Å². The summed E-state index contributed by atoms with van der Waals surface area (Å²) in [4.78, 5) is 11.9.